The van der Waals surface area contributed by atoms with Gasteiger partial charge in [-0.25, -0.2) is 4.79 Å². The van der Waals surface area contributed by atoms with Gasteiger partial charge in [-0.15, -0.1) is 0 Å². The van der Waals surface area contributed by atoms with Crippen LogP contribution < -0.4 is 15.2 Å². The maximum Gasteiger partial charge on any atom is 0.330 e. The molecule has 1 atom stereocenters. The van der Waals surface area contributed by atoms with Gasteiger partial charge in [0.15, 0.2) is 5.54 Å². The highest BCUT2D eigenvalue weighted by Gasteiger charge is 2.50. The van der Waals surface area contributed by atoms with Crippen molar-refractivity contribution in [2.24, 2.45) is 5.73 Å². The van der Waals surface area contributed by atoms with Crippen molar-refractivity contribution in [3.8, 4) is 11.5 Å². The molecule has 0 saturated heterocycles. The summed E-state index contributed by atoms with van der Waals surface area (Å²) in [4.78, 5) is 12.2. The van der Waals surface area contributed by atoms with E-state index in [2.05, 4.69) is 0 Å². The largest absolute Gasteiger partial charge is 0.493 e. The SMILES string of the molecule is CCOc1cccc2c1C(N)(C(=O)OC)CC(C)(C)O2. The number of fused-ring (bicyclic) bond motifs is 1. The van der Waals surface area contributed by atoms with Gasteiger partial charge in [-0.05, 0) is 32.9 Å². The fourth-order valence-electron chi connectivity index (χ4n) is 2.76. The maximum atomic E-state index is 12.2. The van der Waals surface area contributed by atoms with E-state index in [1.807, 2.05) is 26.8 Å². The number of nitrogens with two attached hydrogens (primary N) is 1. The zero-order valence-electron chi connectivity index (χ0n) is 12.4. The molecular weight excluding hydrogens is 258 g/mol. The molecule has 1 aliphatic rings. The Labute approximate surface area is 119 Å². The van der Waals surface area contributed by atoms with Crippen LogP contribution in [0.25, 0.3) is 0 Å². The summed E-state index contributed by atoms with van der Waals surface area (Å²) in [5.74, 6) is 0.649. The molecule has 0 bridgehead atoms. The molecule has 0 saturated carbocycles. The average molecular weight is 279 g/mol. The Morgan fingerprint density at radius 2 is 2.15 bits per heavy atom. The van der Waals surface area contributed by atoms with Gasteiger partial charge in [0.1, 0.15) is 17.1 Å². The summed E-state index contributed by atoms with van der Waals surface area (Å²) >= 11 is 0. The predicted molar refractivity (Wildman–Crippen MR) is 74.8 cm³/mol. The second-order valence-electron chi connectivity index (χ2n) is 5.56. The normalized spacial score (nSPS) is 23.4. The second kappa shape index (κ2) is 4.98. The molecule has 1 unspecified atom stereocenters. The number of carbonyl (C=O) groups excluding carboxylic acids is 1. The van der Waals surface area contributed by atoms with E-state index in [0.717, 1.165) is 0 Å². The highest BCUT2D eigenvalue weighted by molar-refractivity contribution is 5.85. The molecule has 0 fully saturated rings. The summed E-state index contributed by atoms with van der Waals surface area (Å²) in [6, 6.07) is 5.40. The molecule has 2 rings (SSSR count). The second-order valence-corrected chi connectivity index (χ2v) is 5.56. The highest BCUT2D eigenvalue weighted by Crippen LogP contribution is 2.47. The lowest BCUT2D eigenvalue weighted by molar-refractivity contribution is -0.151. The van der Waals surface area contributed by atoms with Gasteiger partial charge in [-0.1, -0.05) is 6.07 Å². The standard InChI is InChI=1S/C15H21NO4/c1-5-19-10-7-6-8-11-12(10)15(16,13(17)18-4)9-14(2,3)20-11/h6-8H,5,9,16H2,1-4H3. The van der Waals surface area contributed by atoms with Crippen molar-refractivity contribution >= 4 is 5.97 Å². The fourth-order valence-corrected chi connectivity index (χ4v) is 2.76. The van der Waals surface area contributed by atoms with Gasteiger partial charge in [-0.2, -0.15) is 0 Å². The molecular formula is C15H21NO4. The molecule has 0 aromatic heterocycles. The van der Waals surface area contributed by atoms with Gasteiger partial charge in [0, 0.05) is 6.42 Å². The molecule has 5 nitrogen and oxygen atoms in total. The minimum absolute atomic E-state index is 0.323. The van der Waals surface area contributed by atoms with Gasteiger partial charge in [-0.3, -0.25) is 0 Å². The van der Waals surface area contributed by atoms with Gasteiger partial charge in [0.2, 0.25) is 0 Å². The van der Waals surface area contributed by atoms with Crippen molar-refractivity contribution in [3.63, 3.8) is 0 Å². The van der Waals surface area contributed by atoms with Crippen LogP contribution in [0.15, 0.2) is 18.2 Å². The Morgan fingerprint density at radius 3 is 2.75 bits per heavy atom. The smallest absolute Gasteiger partial charge is 0.330 e. The summed E-state index contributed by atoms with van der Waals surface area (Å²) in [7, 11) is 1.34. The lowest BCUT2D eigenvalue weighted by Gasteiger charge is -2.42. The Morgan fingerprint density at radius 1 is 1.45 bits per heavy atom. The average Bonchev–Trinajstić information content (AvgIpc) is 2.36. The van der Waals surface area contributed by atoms with E-state index in [4.69, 9.17) is 19.9 Å². The molecule has 1 aromatic rings. The highest BCUT2D eigenvalue weighted by atomic mass is 16.5. The van der Waals surface area contributed by atoms with Crippen LogP contribution in [-0.4, -0.2) is 25.3 Å². The number of hydrogen-bond donors (Lipinski definition) is 1. The monoisotopic (exact) mass is 279 g/mol. The van der Waals surface area contributed by atoms with Crippen LogP contribution in [0.3, 0.4) is 0 Å². The van der Waals surface area contributed by atoms with Crippen LogP contribution >= 0.6 is 0 Å². The Bertz CT molecular complexity index is 527. The van der Waals surface area contributed by atoms with E-state index in [0.29, 0.717) is 30.1 Å². The molecule has 2 N–H and O–H groups in total. The van der Waals surface area contributed by atoms with Crippen molar-refractivity contribution in [3.05, 3.63) is 23.8 Å². The zero-order chi connectivity index (χ0) is 15.0. The lowest BCUT2D eigenvalue weighted by Crippen LogP contribution is -2.55. The van der Waals surface area contributed by atoms with E-state index in [1.165, 1.54) is 7.11 Å². The van der Waals surface area contributed by atoms with Gasteiger partial charge in [0.05, 0.1) is 19.3 Å². The lowest BCUT2D eigenvalue weighted by atomic mass is 9.78. The van der Waals surface area contributed by atoms with E-state index in [1.54, 1.807) is 12.1 Å². The Kier molecular flexibility index (Phi) is 3.65. The minimum Gasteiger partial charge on any atom is -0.493 e. The molecule has 0 spiro atoms. The number of carbonyl (C=O) groups is 1. The van der Waals surface area contributed by atoms with Crippen molar-refractivity contribution in [1.82, 2.24) is 0 Å². The molecule has 0 radical (unpaired) electrons. The van der Waals surface area contributed by atoms with Crippen LogP contribution in [-0.2, 0) is 15.1 Å². The van der Waals surface area contributed by atoms with Crippen LogP contribution in [0, 0.1) is 0 Å². The van der Waals surface area contributed by atoms with Crippen molar-refractivity contribution in [2.45, 2.75) is 38.3 Å². The molecule has 0 aliphatic carbocycles. The van der Waals surface area contributed by atoms with Crippen LogP contribution in [0.4, 0.5) is 0 Å². The molecule has 110 valence electrons. The van der Waals surface area contributed by atoms with Gasteiger partial charge in [0.25, 0.3) is 0 Å². The number of esters is 1. The summed E-state index contributed by atoms with van der Waals surface area (Å²) < 4.78 is 16.4. The third-order valence-corrected chi connectivity index (χ3v) is 3.37. The number of benzene rings is 1. The molecule has 1 aromatic carbocycles. The van der Waals surface area contributed by atoms with E-state index in [9.17, 15) is 4.79 Å². The molecule has 5 heteroatoms. The molecule has 1 aliphatic heterocycles. The fraction of sp³-hybridized carbons (Fsp3) is 0.533. The first kappa shape index (κ1) is 14.7. The van der Waals surface area contributed by atoms with Gasteiger partial charge >= 0.3 is 5.97 Å². The molecule has 20 heavy (non-hydrogen) atoms. The third-order valence-electron chi connectivity index (χ3n) is 3.37. The Hall–Kier alpha value is -1.75. The van der Waals surface area contributed by atoms with Crippen molar-refractivity contribution < 1.29 is 19.0 Å². The van der Waals surface area contributed by atoms with Crippen LogP contribution in [0.2, 0.25) is 0 Å². The Balaban J connectivity index is 2.64. The van der Waals surface area contributed by atoms with Crippen molar-refractivity contribution in [1.29, 1.82) is 0 Å². The predicted octanol–water partition coefficient (Wildman–Crippen LogP) is 1.97. The van der Waals surface area contributed by atoms with E-state index < -0.39 is 17.1 Å². The van der Waals surface area contributed by atoms with E-state index in [-0.39, 0.29) is 0 Å². The summed E-state index contributed by atoms with van der Waals surface area (Å²) in [5, 5.41) is 0. The number of rotatable bonds is 3. The summed E-state index contributed by atoms with van der Waals surface area (Å²) in [6.07, 6.45) is 0.323. The quantitative estimate of drug-likeness (QED) is 0.857. The zero-order valence-corrected chi connectivity index (χ0v) is 12.4. The van der Waals surface area contributed by atoms with E-state index >= 15 is 0 Å². The number of hydrogen-bond acceptors (Lipinski definition) is 5. The first-order chi connectivity index (χ1) is 9.34. The topological polar surface area (TPSA) is 70.8 Å². The number of ether oxygens (including phenoxy) is 3. The van der Waals surface area contributed by atoms with Crippen LogP contribution in [0.1, 0.15) is 32.8 Å². The summed E-state index contributed by atoms with van der Waals surface area (Å²) in [5.41, 5.74) is 5.14. The maximum absolute atomic E-state index is 12.2. The number of methoxy groups -OCH3 is 1. The first-order valence-electron chi connectivity index (χ1n) is 6.66. The van der Waals surface area contributed by atoms with Crippen molar-refractivity contribution in [2.75, 3.05) is 13.7 Å². The summed E-state index contributed by atoms with van der Waals surface area (Å²) in [6.45, 7) is 6.15. The van der Waals surface area contributed by atoms with Crippen LogP contribution in [0.5, 0.6) is 11.5 Å². The molecule has 0 amide bonds. The minimum atomic E-state index is -1.27. The first-order valence-corrected chi connectivity index (χ1v) is 6.66. The van der Waals surface area contributed by atoms with Gasteiger partial charge < -0.3 is 19.9 Å². The third kappa shape index (κ3) is 2.33. The molecule has 1 heterocycles.